The van der Waals surface area contributed by atoms with Crippen LogP contribution in [0.4, 0.5) is 5.69 Å². The molecule has 0 unspecified atom stereocenters. The van der Waals surface area contributed by atoms with Crippen molar-refractivity contribution in [3.8, 4) is 0 Å². The van der Waals surface area contributed by atoms with Crippen molar-refractivity contribution < 1.29 is 17.9 Å². The SMILES string of the molecule is COCCN(CCC(=O)Nc1ccccc1C(C)(C)C)S(C)(=O)=O. The lowest BCUT2D eigenvalue weighted by molar-refractivity contribution is -0.116. The Hall–Kier alpha value is -1.44. The zero-order chi connectivity index (χ0) is 18.4. The maximum Gasteiger partial charge on any atom is 0.225 e. The minimum atomic E-state index is -3.36. The van der Waals surface area contributed by atoms with Gasteiger partial charge in [-0.15, -0.1) is 0 Å². The van der Waals surface area contributed by atoms with E-state index in [0.29, 0.717) is 6.61 Å². The molecular formula is C17H28N2O4S. The summed E-state index contributed by atoms with van der Waals surface area (Å²) >= 11 is 0. The number of methoxy groups -OCH3 is 1. The molecule has 1 rings (SSSR count). The van der Waals surface area contributed by atoms with E-state index < -0.39 is 10.0 Å². The molecule has 0 atom stereocenters. The lowest BCUT2D eigenvalue weighted by Crippen LogP contribution is -2.35. The zero-order valence-electron chi connectivity index (χ0n) is 15.1. The van der Waals surface area contributed by atoms with Crippen molar-refractivity contribution in [2.45, 2.75) is 32.6 Å². The molecule has 1 aromatic rings. The van der Waals surface area contributed by atoms with Gasteiger partial charge in [-0.2, -0.15) is 4.31 Å². The second kappa shape index (κ2) is 8.60. The number of carbonyl (C=O) groups is 1. The van der Waals surface area contributed by atoms with E-state index in [1.54, 1.807) is 0 Å². The minimum Gasteiger partial charge on any atom is -0.383 e. The summed E-state index contributed by atoms with van der Waals surface area (Å²) in [6, 6.07) is 7.65. The number of ether oxygens (including phenoxy) is 1. The Morgan fingerprint density at radius 1 is 1.21 bits per heavy atom. The minimum absolute atomic E-state index is 0.0925. The quantitative estimate of drug-likeness (QED) is 0.775. The summed E-state index contributed by atoms with van der Waals surface area (Å²) in [6.45, 7) is 6.89. The van der Waals surface area contributed by atoms with Gasteiger partial charge in [0, 0.05) is 32.3 Å². The van der Waals surface area contributed by atoms with Crippen LogP contribution in [0.1, 0.15) is 32.8 Å². The van der Waals surface area contributed by atoms with Gasteiger partial charge >= 0.3 is 0 Å². The highest BCUT2D eigenvalue weighted by Gasteiger charge is 2.20. The fourth-order valence-electron chi connectivity index (χ4n) is 2.32. The van der Waals surface area contributed by atoms with Gasteiger partial charge in [0.15, 0.2) is 0 Å². The topological polar surface area (TPSA) is 75.7 Å². The molecule has 0 saturated heterocycles. The number of hydrogen-bond donors (Lipinski definition) is 1. The van der Waals surface area contributed by atoms with Gasteiger partial charge in [0.1, 0.15) is 0 Å². The number of para-hydroxylation sites is 1. The summed E-state index contributed by atoms with van der Waals surface area (Å²) in [5, 5.41) is 2.89. The maximum absolute atomic E-state index is 12.2. The Morgan fingerprint density at radius 2 is 1.83 bits per heavy atom. The number of carbonyl (C=O) groups excluding carboxylic acids is 1. The average molecular weight is 356 g/mol. The third-order valence-corrected chi connectivity index (χ3v) is 4.91. The number of amides is 1. The molecule has 7 heteroatoms. The number of rotatable bonds is 8. The number of nitrogens with zero attached hydrogens (tertiary/aromatic N) is 1. The summed E-state index contributed by atoms with van der Waals surface area (Å²) in [5.74, 6) is -0.210. The zero-order valence-corrected chi connectivity index (χ0v) is 15.9. The van der Waals surface area contributed by atoms with Gasteiger partial charge in [-0.25, -0.2) is 8.42 Å². The summed E-state index contributed by atoms with van der Waals surface area (Å²) in [5.41, 5.74) is 1.71. The van der Waals surface area contributed by atoms with Gasteiger partial charge in [0.2, 0.25) is 15.9 Å². The first-order valence-corrected chi connectivity index (χ1v) is 9.74. The Morgan fingerprint density at radius 3 is 2.38 bits per heavy atom. The fourth-order valence-corrected chi connectivity index (χ4v) is 3.15. The summed E-state index contributed by atoms with van der Waals surface area (Å²) in [6.07, 6.45) is 1.23. The number of hydrogen-bond acceptors (Lipinski definition) is 4. The Labute approximate surface area is 145 Å². The van der Waals surface area contributed by atoms with E-state index in [1.165, 1.54) is 11.4 Å². The van der Waals surface area contributed by atoms with Crippen molar-refractivity contribution in [3.05, 3.63) is 29.8 Å². The van der Waals surface area contributed by atoms with Gasteiger partial charge in [-0.1, -0.05) is 39.0 Å². The average Bonchev–Trinajstić information content (AvgIpc) is 2.45. The van der Waals surface area contributed by atoms with Crippen LogP contribution in [-0.4, -0.2) is 51.7 Å². The molecule has 0 heterocycles. The number of anilines is 1. The van der Waals surface area contributed by atoms with Crippen LogP contribution in [0.2, 0.25) is 0 Å². The van der Waals surface area contributed by atoms with Crippen LogP contribution in [0, 0.1) is 0 Å². The first-order valence-electron chi connectivity index (χ1n) is 7.89. The molecule has 0 aliphatic heterocycles. The van der Waals surface area contributed by atoms with E-state index >= 15 is 0 Å². The number of sulfonamides is 1. The van der Waals surface area contributed by atoms with Crippen molar-refractivity contribution >= 4 is 21.6 Å². The Balaban J connectivity index is 2.73. The second-order valence-electron chi connectivity index (χ2n) is 6.75. The van der Waals surface area contributed by atoms with Gasteiger partial charge in [-0.05, 0) is 17.0 Å². The van der Waals surface area contributed by atoms with Crippen LogP contribution < -0.4 is 5.32 Å². The second-order valence-corrected chi connectivity index (χ2v) is 8.73. The Kier molecular flexibility index (Phi) is 7.38. The van der Waals surface area contributed by atoms with Crippen LogP contribution in [0.25, 0.3) is 0 Å². The summed E-state index contributed by atoms with van der Waals surface area (Å²) < 4.78 is 29.6. The molecule has 0 spiro atoms. The third-order valence-electron chi connectivity index (χ3n) is 3.61. The predicted molar refractivity (Wildman–Crippen MR) is 96.7 cm³/mol. The molecule has 0 aliphatic rings. The monoisotopic (exact) mass is 356 g/mol. The number of nitrogens with one attached hydrogen (secondary N) is 1. The molecule has 1 N–H and O–H groups in total. The van der Waals surface area contributed by atoms with Crippen LogP contribution in [0.3, 0.4) is 0 Å². The van der Waals surface area contributed by atoms with E-state index in [9.17, 15) is 13.2 Å². The van der Waals surface area contributed by atoms with E-state index in [4.69, 9.17) is 4.74 Å². The molecule has 1 aromatic carbocycles. The summed E-state index contributed by atoms with van der Waals surface area (Å²) in [7, 11) is -1.85. The molecule has 136 valence electrons. The van der Waals surface area contributed by atoms with Gasteiger partial charge in [0.05, 0.1) is 12.9 Å². The van der Waals surface area contributed by atoms with Gasteiger partial charge < -0.3 is 10.1 Å². The third kappa shape index (κ3) is 6.59. The molecule has 24 heavy (non-hydrogen) atoms. The Bertz CT molecular complexity index is 651. The smallest absolute Gasteiger partial charge is 0.225 e. The highest BCUT2D eigenvalue weighted by molar-refractivity contribution is 7.88. The first-order chi connectivity index (χ1) is 11.1. The van der Waals surface area contributed by atoms with Crippen LogP contribution >= 0.6 is 0 Å². The highest BCUT2D eigenvalue weighted by Crippen LogP contribution is 2.29. The number of benzene rings is 1. The lowest BCUT2D eigenvalue weighted by atomic mass is 9.86. The first kappa shape index (κ1) is 20.6. The van der Waals surface area contributed by atoms with Crippen molar-refractivity contribution in [2.75, 3.05) is 38.4 Å². The van der Waals surface area contributed by atoms with Crippen LogP contribution in [-0.2, 0) is 25.0 Å². The van der Waals surface area contributed by atoms with Crippen molar-refractivity contribution in [1.82, 2.24) is 4.31 Å². The standard InChI is InChI=1S/C17H28N2O4S/c1-17(2,3)14-8-6-7-9-15(14)18-16(20)10-11-19(12-13-23-4)24(5,21)22/h6-9H,10-13H2,1-5H3,(H,18,20). The molecule has 1 amide bonds. The molecular weight excluding hydrogens is 328 g/mol. The largest absolute Gasteiger partial charge is 0.383 e. The normalized spacial score (nSPS) is 12.4. The maximum atomic E-state index is 12.2. The van der Waals surface area contributed by atoms with E-state index in [2.05, 4.69) is 26.1 Å². The predicted octanol–water partition coefficient (Wildman–Crippen LogP) is 2.22. The lowest BCUT2D eigenvalue weighted by Gasteiger charge is -2.23. The van der Waals surface area contributed by atoms with E-state index in [0.717, 1.165) is 17.5 Å². The van der Waals surface area contributed by atoms with Crippen molar-refractivity contribution in [2.24, 2.45) is 0 Å². The summed E-state index contributed by atoms with van der Waals surface area (Å²) in [4.78, 5) is 12.2. The van der Waals surface area contributed by atoms with Crippen molar-refractivity contribution in [1.29, 1.82) is 0 Å². The molecule has 0 bridgehead atoms. The molecule has 0 radical (unpaired) electrons. The van der Waals surface area contributed by atoms with Crippen LogP contribution in [0.15, 0.2) is 24.3 Å². The molecule has 0 aliphatic carbocycles. The van der Waals surface area contributed by atoms with E-state index in [-0.39, 0.29) is 30.8 Å². The van der Waals surface area contributed by atoms with Gasteiger partial charge in [0.25, 0.3) is 0 Å². The van der Waals surface area contributed by atoms with E-state index in [1.807, 2.05) is 24.3 Å². The molecule has 0 saturated carbocycles. The van der Waals surface area contributed by atoms with Crippen molar-refractivity contribution in [3.63, 3.8) is 0 Å². The van der Waals surface area contributed by atoms with Crippen LogP contribution in [0.5, 0.6) is 0 Å². The molecule has 6 nitrogen and oxygen atoms in total. The van der Waals surface area contributed by atoms with Gasteiger partial charge in [-0.3, -0.25) is 4.79 Å². The highest BCUT2D eigenvalue weighted by atomic mass is 32.2. The molecule has 0 fully saturated rings. The fraction of sp³-hybridized carbons (Fsp3) is 0.588. The molecule has 0 aromatic heterocycles.